The van der Waals surface area contributed by atoms with E-state index in [-0.39, 0.29) is 35.9 Å². The minimum Gasteiger partial charge on any atom is -0.484 e. The number of likely N-dealkylation sites (N-methyl/N-ethyl adjacent to an activating group) is 1. The maximum atomic E-state index is 12.3. The highest BCUT2D eigenvalue weighted by atomic mass is 32.2. The summed E-state index contributed by atoms with van der Waals surface area (Å²) in [6.45, 7) is 4.05. The van der Waals surface area contributed by atoms with Gasteiger partial charge in [-0.15, -0.1) is 10.2 Å². The van der Waals surface area contributed by atoms with Crippen molar-refractivity contribution in [2.75, 3.05) is 24.7 Å². The number of thioether (sulfide) groups is 1. The highest BCUT2D eigenvalue weighted by molar-refractivity contribution is 7.99. The normalized spacial score (nSPS) is 10.5. The predicted molar refractivity (Wildman–Crippen MR) is 118 cm³/mol. The van der Waals surface area contributed by atoms with E-state index in [1.165, 1.54) is 4.90 Å². The topological polar surface area (TPSA) is 97.6 Å². The van der Waals surface area contributed by atoms with Gasteiger partial charge in [-0.25, -0.2) is 0 Å². The summed E-state index contributed by atoms with van der Waals surface area (Å²) in [6, 6.07) is 15.1. The highest BCUT2D eigenvalue weighted by Crippen LogP contribution is 2.18. The van der Waals surface area contributed by atoms with Crippen LogP contribution in [0.1, 0.15) is 17.0 Å². The van der Waals surface area contributed by atoms with E-state index < -0.39 is 0 Å². The Morgan fingerprint density at radius 2 is 1.87 bits per heavy atom. The number of ether oxygens (including phenoxy) is 1. The number of anilines is 1. The third kappa shape index (κ3) is 7.14. The van der Waals surface area contributed by atoms with E-state index >= 15 is 0 Å². The number of nitrogens with one attached hydrogen (secondary N) is 1. The summed E-state index contributed by atoms with van der Waals surface area (Å²) in [6.07, 6.45) is 0. The number of hydrogen-bond donors (Lipinski definition) is 1. The largest absolute Gasteiger partial charge is 0.484 e. The molecule has 1 N–H and O–H groups in total. The third-order valence-corrected chi connectivity index (χ3v) is 5.06. The van der Waals surface area contributed by atoms with E-state index in [4.69, 9.17) is 9.15 Å². The molecule has 2 amide bonds. The summed E-state index contributed by atoms with van der Waals surface area (Å²) in [5.74, 6) is 0.627. The van der Waals surface area contributed by atoms with Crippen molar-refractivity contribution >= 4 is 29.3 Å². The van der Waals surface area contributed by atoms with Gasteiger partial charge in [-0.2, -0.15) is 0 Å². The number of aryl methyl sites for hydroxylation is 2. The Morgan fingerprint density at radius 1 is 1.10 bits per heavy atom. The first-order valence-corrected chi connectivity index (χ1v) is 10.6. The molecule has 2 aromatic carbocycles. The molecule has 0 bridgehead atoms. The first-order chi connectivity index (χ1) is 14.9. The molecule has 9 heteroatoms. The smallest absolute Gasteiger partial charge is 0.277 e. The Bertz CT molecular complexity index is 1040. The van der Waals surface area contributed by atoms with Crippen molar-refractivity contribution in [1.82, 2.24) is 15.1 Å². The van der Waals surface area contributed by atoms with Gasteiger partial charge >= 0.3 is 0 Å². The number of nitrogens with zero attached hydrogens (tertiary/aromatic N) is 3. The SMILES string of the molecule is Cc1ccc(NC(=O)CN(C)C(=O)CSc2nnc(COc3cccc(C)c3)o2)cc1. The van der Waals surface area contributed by atoms with Gasteiger partial charge in [0.05, 0.1) is 12.3 Å². The lowest BCUT2D eigenvalue weighted by Crippen LogP contribution is -2.35. The van der Waals surface area contributed by atoms with Crippen LogP contribution in [0.2, 0.25) is 0 Å². The van der Waals surface area contributed by atoms with Crippen LogP contribution in [-0.4, -0.2) is 46.3 Å². The van der Waals surface area contributed by atoms with Gasteiger partial charge in [-0.05, 0) is 43.7 Å². The fourth-order valence-corrected chi connectivity index (χ4v) is 3.30. The summed E-state index contributed by atoms with van der Waals surface area (Å²) in [5, 5.41) is 10.9. The number of carbonyl (C=O) groups excluding carboxylic acids is 2. The van der Waals surface area contributed by atoms with Gasteiger partial charge < -0.3 is 19.4 Å². The predicted octanol–water partition coefficient (Wildman–Crippen LogP) is 3.45. The number of carbonyl (C=O) groups is 2. The second-order valence-electron chi connectivity index (χ2n) is 7.02. The molecule has 1 aromatic heterocycles. The van der Waals surface area contributed by atoms with Crippen LogP contribution >= 0.6 is 11.8 Å². The lowest BCUT2D eigenvalue weighted by Gasteiger charge is -2.16. The average molecular weight is 441 g/mol. The summed E-state index contributed by atoms with van der Waals surface area (Å²) >= 11 is 1.12. The first-order valence-electron chi connectivity index (χ1n) is 9.64. The third-order valence-electron chi connectivity index (χ3n) is 4.26. The van der Waals surface area contributed by atoms with Crippen LogP contribution < -0.4 is 10.1 Å². The van der Waals surface area contributed by atoms with Gasteiger partial charge in [0.1, 0.15) is 5.75 Å². The second-order valence-corrected chi connectivity index (χ2v) is 7.95. The van der Waals surface area contributed by atoms with Crippen molar-refractivity contribution in [3.05, 3.63) is 65.5 Å². The summed E-state index contributed by atoms with van der Waals surface area (Å²) in [7, 11) is 1.58. The summed E-state index contributed by atoms with van der Waals surface area (Å²) in [5.41, 5.74) is 2.89. The van der Waals surface area contributed by atoms with Crippen LogP contribution in [0.15, 0.2) is 58.2 Å². The lowest BCUT2D eigenvalue weighted by atomic mass is 10.2. The van der Waals surface area contributed by atoms with Crippen LogP contribution in [0, 0.1) is 13.8 Å². The highest BCUT2D eigenvalue weighted by Gasteiger charge is 2.16. The maximum Gasteiger partial charge on any atom is 0.277 e. The Balaban J connectivity index is 1.41. The van der Waals surface area contributed by atoms with Gasteiger partial charge in [0, 0.05) is 12.7 Å². The molecule has 0 unspecified atom stereocenters. The number of rotatable bonds is 9. The van der Waals surface area contributed by atoms with E-state index in [2.05, 4.69) is 15.5 Å². The molecule has 0 fully saturated rings. The molecular weight excluding hydrogens is 416 g/mol. The Labute approximate surface area is 185 Å². The summed E-state index contributed by atoms with van der Waals surface area (Å²) in [4.78, 5) is 25.8. The molecule has 0 aliphatic rings. The average Bonchev–Trinajstić information content (AvgIpc) is 3.20. The Hall–Kier alpha value is -3.33. The maximum absolute atomic E-state index is 12.3. The van der Waals surface area contributed by atoms with Crippen LogP contribution in [0.25, 0.3) is 0 Å². The number of benzene rings is 2. The molecule has 0 spiro atoms. The van der Waals surface area contributed by atoms with E-state index in [0.29, 0.717) is 17.3 Å². The number of hydrogen-bond acceptors (Lipinski definition) is 7. The zero-order chi connectivity index (χ0) is 22.2. The standard InChI is InChI=1S/C22H24N4O4S/c1-15-7-9-17(10-8-15)23-19(27)12-26(3)21(28)14-31-22-25-24-20(30-22)13-29-18-6-4-5-16(2)11-18/h4-11H,12-14H2,1-3H3,(H,23,27). The van der Waals surface area contributed by atoms with Gasteiger partial charge in [0.2, 0.25) is 11.8 Å². The van der Waals surface area contributed by atoms with Crippen molar-refractivity contribution in [1.29, 1.82) is 0 Å². The molecule has 162 valence electrons. The van der Waals surface area contributed by atoms with Crippen LogP contribution in [0.5, 0.6) is 5.75 Å². The van der Waals surface area contributed by atoms with E-state index in [1.807, 2.05) is 62.4 Å². The van der Waals surface area contributed by atoms with Crippen molar-refractivity contribution in [2.24, 2.45) is 0 Å². The quantitative estimate of drug-likeness (QED) is 0.509. The minimum absolute atomic E-state index is 0.0489. The molecule has 3 aromatic rings. The molecule has 0 aliphatic carbocycles. The van der Waals surface area contributed by atoms with Crippen LogP contribution in [-0.2, 0) is 16.2 Å². The molecule has 0 saturated carbocycles. The van der Waals surface area contributed by atoms with Gasteiger partial charge in [0.15, 0.2) is 6.61 Å². The van der Waals surface area contributed by atoms with Crippen molar-refractivity contribution < 1.29 is 18.7 Å². The molecule has 1 heterocycles. The van der Waals surface area contributed by atoms with Gasteiger partial charge in [-0.1, -0.05) is 41.6 Å². The zero-order valence-corrected chi connectivity index (χ0v) is 18.4. The first kappa shape index (κ1) is 22.4. The zero-order valence-electron chi connectivity index (χ0n) is 17.6. The Morgan fingerprint density at radius 3 is 2.61 bits per heavy atom. The molecule has 0 aliphatic heterocycles. The molecule has 0 saturated heterocycles. The molecule has 0 atom stereocenters. The van der Waals surface area contributed by atoms with E-state index in [1.54, 1.807) is 7.05 Å². The molecule has 0 radical (unpaired) electrons. The fraction of sp³-hybridized carbons (Fsp3) is 0.273. The molecular formula is C22H24N4O4S. The fourth-order valence-electron chi connectivity index (χ4n) is 2.58. The van der Waals surface area contributed by atoms with E-state index in [0.717, 1.165) is 22.9 Å². The van der Waals surface area contributed by atoms with Crippen LogP contribution in [0.4, 0.5) is 5.69 Å². The van der Waals surface area contributed by atoms with Gasteiger partial charge in [-0.3, -0.25) is 9.59 Å². The van der Waals surface area contributed by atoms with Crippen molar-refractivity contribution in [3.8, 4) is 5.75 Å². The van der Waals surface area contributed by atoms with E-state index in [9.17, 15) is 9.59 Å². The molecule has 31 heavy (non-hydrogen) atoms. The Kier molecular flexibility index (Phi) is 7.66. The van der Waals surface area contributed by atoms with Crippen molar-refractivity contribution in [2.45, 2.75) is 25.7 Å². The van der Waals surface area contributed by atoms with Crippen LogP contribution in [0.3, 0.4) is 0 Å². The molecule has 8 nitrogen and oxygen atoms in total. The number of amides is 2. The second kappa shape index (κ2) is 10.6. The minimum atomic E-state index is -0.266. The number of aromatic nitrogens is 2. The molecule has 3 rings (SSSR count). The summed E-state index contributed by atoms with van der Waals surface area (Å²) < 4.78 is 11.1. The van der Waals surface area contributed by atoms with Crippen molar-refractivity contribution in [3.63, 3.8) is 0 Å². The monoisotopic (exact) mass is 440 g/mol. The lowest BCUT2D eigenvalue weighted by molar-refractivity contribution is -0.131. The van der Waals surface area contributed by atoms with Gasteiger partial charge in [0.25, 0.3) is 11.1 Å².